The van der Waals surface area contributed by atoms with Gasteiger partial charge in [-0.05, 0) is 65.7 Å². The van der Waals surface area contributed by atoms with E-state index in [-0.39, 0.29) is 0 Å². The van der Waals surface area contributed by atoms with Gasteiger partial charge in [0, 0.05) is 53.1 Å². The summed E-state index contributed by atoms with van der Waals surface area (Å²) in [6, 6.07) is 57.6. The van der Waals surface area contributed by atoms with E-state index < -0.39 is 0 Å². The Morgan fingerprint density at radius 3 is 1.53 bits per heavy atom. The highest BCUT2D eigenvalue weighted by Gasteiger charge is 2.20. The number of hydrogen-bond donors (Lipinski definition) is 0. The van der Waals surface area contributed by atoms with Gasteiger partial charge in [-0.2, -0.15) is 0 Å². The second-order valence-corrected chi connectivity index (χ2v) is 12.8. The van der Waals surface area contributed by atoms with Gasteiger partial charge in [-0.1, -0.05) is 103 Å². The molecule has 7 aromatic carbocycles. The zero-order valence-corrected chi connectivity index (χ0v) is 25.1. The summed E-state index contributed by atoms with van der Waals surface area (Å²) in [5, 5.41) is 7.80. The Bertz CT molecular complexity index is 2740. The van der Waals surface area contributed by atoms with Crippen molar-refractivity contribution in [3.05, 3.63) is 158 Å². The van der Waals surface area contributed by atoms with E-state index in [1.807, 2.05) is 11.3 Å². The average Bonchev–Trinajstić information content (AvgIpc) is 3.76. The molecular weight excluding hydrogens is 565 g/mol. The second kappa shape index (κ2) is 9.43. The largest absolute Gasteiger partial charge is 0.309 e. The zero-order valence-electron chi connectivity index (χ0n) is 24.3. The number of thiophene rings is 1. The van der Waals surface area contributed by atoms with E-state index in [9.17, 15) is 0 Å². The van der Waals surface area contributed by atoms with Crippen molar-refractivity contribution in [2.75, 3.05) is 0 Å². The molecule has 0 saturated carbocycles. The molecule has 0 radical (unpaired) electrons. The molecule has 0 aliphatic rings. The minimum absolute atomic E-state index is 1.17. The predicted octanol–water partition coefficient (Wildman–Crippen LogP) is 11.9. The Morgan fingerprint density at radius 2 is 0.844 bits per heavy atom. The van der Waals surface area contributed by atoms with Crippen molar-refractivity contribution >= 4 is 75.1 Å². The molecule has 0 atom stereocenters. The highest BCUT2D eigenvalue weighted by Crippen LogP contribution is 2.43. The number of nitrogens with zero attached hydrogens (tertiary/aromatic N) is 2. The molecule has 0 fully saturated rings. The molecule has 10 rings (SSSR count). The molecule has 0 amide bonds. The lowest BCUT2D eigenvalue weighted by molar-refractivity contribution is 1.17. The average molecular weight is 591 g/mol. The Labute approximate surface area is 263 Å². The summed E-state index contributed by atoms with van der Waals surface area (Å²) in [4.78, 5) is 0. The van der Waals surface area contributed by atoms with Crippen LogP contribution in [0.1, 0.15) is 0 Å². The minimum atomic E-state index is 1.17. The highest BCUT2D eigenvalue weighted by atomic mass is 32.1. The fourth-order valence-electron chi connectivity index (χ4n) is 7.36. The molecule has 3 aromatic heterocycles. The summed E-state index contributed by atoms with van der Waals surface area (Å²) in [5.74, 6) is 0. The lowest BCUT2D eigenvalue weighted by Gasteiger charge is -2.10. The lowest BCUT2D eigenvalue weighted by Crippen LogP contribution is -1.95. The van der Waals surface area contributed by atoms with Gasteiger partial charge in [0.05, 0.1) is 22.1 Å². The van der Waals surface area contributed by atoms with Gasteiger partial charge in [0.25, 0.3) is 0 Å². The monoisotopic (exact) mass is 590 g/mol. The van der Waals surface area contributed by atoms with Crippen LogP contribution < -0.4 is 0 Å². The summed E-state index contributed by atoms with van der Waals surface area (Å²) >= 11 is 1.87. The number of para-hydroxylation sites is 2. The van der Waals surface area contributed by atoms with Gasteiger partial charge < -0.3 is 9.13 Å². The second-order valence-electron chi connectivity index (χ2n) is 11.8. The first-order valence-corrected chi connectivity index (χ1v) is 16.2. The van der Waals surface area contributed by atoms with Gasteiger partial charge in [0.15, 0.2) is 0 Å². The molecule has 0 unspecified atom stereocenters. The van der Waals surface area contributed by atoms with Crippen molar-refractivity contribution < 1.29 is 0 Å². The maximum absolute atomic E-state index is 2.45. The maximum atomic E-state index is 2.45. The van der Waals surface area contributed by atoms with Crippen molar-refractivity contribution in [1.29, 1.82) is 0 Å². The number of hydrogen-bond acceptors (Lipinski definition) is 1. The van der Waals surface area contributed by atoms with Crippen LogP contribution in [0.4, 0.5) is 0 Å². The van der Waals surface area contributed by atoms with E-state index in [1.165, 1.54) is 86.3 Å². The van der Waals surface area contributed by atoms with E-state index in [0.717, 1.165) is 0 Å². The molecule has 0 aliphatic carbocycles. The molecule has 0 spiro atoms. The first kappa shape index (κ1) is 24.8. The molecule has 2 nitrogen and oxygen atoms in total. The van der Waals surface area contributed by atoms with E-state index >= 15 is 0 Å². The molecule has 0 saturated heterocycles. The quantitative estimate of drug-likeness (QED) is 0.194. The Balaban J connectivity index is 1.25. The van der Waals surface area contributed by atoms with Gasteiger partial charge in [0.1, 0.15) is 0 Å². The SMILES string of the molecule is c1ccc(-c2ccc(-n3c4ccccc4c4c5c6ccccc6n(-c6ccc7c(c6)sc6ccccc67)c5ccc43)cc2)cc1. The van der Waals surface area contributed by atoms with E-state index in [4.69, 9.17) is 0 Å². The zero-order chi connectivity index (χ0) is 29.5. The normalized spacial score (nSPS) is 12.0. The van der Waals surface area contributed by atoms with Crippen LogP contribution in [0.5, 0.6) is 0 Å². The molecule has 210 valence electrons. The van der Waals surface area contributed by atoms with E-state index in [1.54, 1.807) is 0 Å². The number of aromatic nitrogens is 2. The third-order valence-electron chi connectivity index (χ3n) is 9.32. The van der Waals surface area contributed by atoms with Crippen molar-refractivity contribution in [3.8, 4) is 22.5 Å². The van der Waals surface area contributed by atoms with Crippen molar-refractivity contribution in [2.24, 2.45) is 0 Å². The summed E-state index contributed by atoms with van der Waals surface area (Å²) in [5.41, 5.74) is 9.71. The Morgan fingerprint density at radius 1 is 0.333 bits per heavy atom. The molecule has 0 N–H and O–H groups in total. The maximum Gasteiger partial charge on any atom is 0.0548 e. The van der Waals surface area contributed by atoms with Crippen LogP contribution in [-0.4, -0.2) is 9.13 Å². The van der Waals surface area contributed by atoms with Crippen LogP contribution in [0.25, 0.3) is 86.3 Å². The van der Waals surface area contributed by atoms with Crippen LogP contribution >= 0.6 is 11.3 Å². The molecule has 0 bridgehead atoms. The molecule has 0 aliphatic heterocycles. The van der Waals surface area contributed by atoms with Gasteiger partial charge in [-0.3, -0.25) is 0 Å². The van der Waals surface area contributed by atoms with Gasteiger partial charge >= 0.3 is 0 Å². The topological polar surface area (TPSA) is 9.86 Å². The Kier molecular flexibility index (Phi) is 5.19. The third-order valence-corrected chi connectivity index (χ3v) is 10.5. The Hall–Kier alpha value is -5.64. The lowest BCUT2D eigenvalue weighted by atomic mass is 10.1. The first-order valence-electron chi connectivity index (χ1n) is 15.4. The number of rotatable bonds is 3. The van der Waals surface area contributed by atoms with Gasteiger partial charge in [-0.25, -0.2) is 0 Å². The first-order chi connectivity index (χ1) is 22.3. The van der Waals surface area contributed by atoms with Crippen LogP contribution in [0.15, 0.2) is 158 Å². The smallest absolute Gasteiger partial charge is 0.0548 e. The fourth-order valence-corrected chi connectivity index (χ4v) is 8.50. The standard InChI is InChI=1S/C42H26N2S/c1-2-10-27(11-3-1)28-18-20-29(21-19-28)43-35-15-7-4-13-33(35)41-37(43)24-25-38-42(41)34-14-5-8-16-36(34)44(38)30-22-23-32-31-12-6-9-17-39(31)45-40(32)26-30/h1-26H. The molecule has 45 heavy (non-hydrogen) atoms. The van der Waals surface area contributed by atoms with Crippen LogP contribution in [-0.2, 0) is 0 Å². The van der Waals surface area contributed by atoms with Crippen molar-refractivity contribution in [2.45, 2.75) is 0 Å². The molecular formula is C42H26N2S. The van der Waals surface area contributed by atoms with Crippen molar-refractivity contribution in [3.63, 3.8) is 0 Å². The summed E-state index contributed by atoms with van der Waals surface area (Å²) < 4.78 is 7.53. The molecule has 3 heteroatoms. The third kappa shape index (κ3) is 3.56. The number of benzene rings is 7. The fraction of sp³-hybridized carbons (Fsp3) is 0. The molecule has 3 heterocycles. The van der Waals surface area contributed by atoms with Crippen LogP contribution in [0.3, 0.4) is 0 Å². The van der Waals surface area contributed by atoms with Crippen LogP contribution in [0.2, 0.25) is 0 Å². The molecule has 10 aromatic rings. The summed E-state index contributed by atoms with van der Waals surface area (Å²) in [7, 11) is 0. The van der Waals surface area contributed by atoms with Crippen molar-refractivity contribution in [1.82, 2.24) is 9.13 Å². The van der Waals surface area contributed by atoms with E-state index in [0.29, 0.717) is 0 Å². The highest BCUT2D eigenvalue weighted by molar-refractivity contribution is 7.25. The predicted molar refractivity (Wildman–Crippen MR) is 193 cm³/mol. The summed E-state index contributed by atoms with van der Waals surface area (Å²) in [6.07, 6.45) is 0. The van der Waals surface area contributed by atoms with E-state index in [2.05, 4.69) is 167 Å². The van der Waals surface area contributed by atoms with Gasteiger partial charge in [0.2, 0.25) is 0 Å². The van der Waals surface area contributed by atoms with Gasteiger partial charge in [-0.15, -0.1) is 11.3 Å². The minimum Gasteiger partial charge on any atom is -0.309 e. The number of fused-ring (bicyclic) bond motifs is 10. The summed E-state index contributed by atoms with van der Waals surface area (Å²) in [6.45, 7) is 0. The van der Waals surface area contributed by atoms with Crippen LogP contribution in [0, 0.1) is 0 Å².